The normalized spacial score (nSPS) is 15.8. The first kappa shape index (κ1) is 23.4. The topological polar surface area (TPSA) is 142 Å². The van der Waals surface area contributed by atoms with E-state index in [4.69, 9.17) is 20.9 Å². The van der Waals surface area contributed by atoms with Gasteiger partial charge >= 0.3 is 17.9 Å². The SMILES string of the molecule is CC(C)(C)OC(=O)CC(N)C(N)(C(=O)O)C(=O)OCC1c2ccccc2-c2ccccc21. The summed E-state index contributed by atoms with van der Waals surface area (Å²) in [5.41, 5.74) is 12.4. The molecule has 2 unspecified atom stereocenters. The summed E-state index contributed by atoms with van der Waals surface area (Å²) < 4.78 is 10.6. The average Bonchev–Trinajstić information content (AvgIpc) is 3.03. The first-order valence-electron chi connectivity index (χ1n) is 10.3. The van der Waals surface area contributed by atoms with Crippen molar-refractivity contribution in [1.82, 2.24) is 0 Å². The summed E-state index contributed by atoms with van der Waals surface area (Å²) in [6.07, 6.45) is -0.551. The number of fused-ring (bicyclic) bond motifs is 3. The standard InChI is InChI=1S/C24H28N2O6/c1-23(2,3)32-20(27)12-19(25)24(26,21(28)29)22(30)31-13-18-16-10-6-4-8-14(16)15-9-5-7-11-17(15)18/h4-11,18-19H,12-13,25-26H2,1-3H3,(H,28,29). The Morgan fingerprint density at radius 1 is 1.00 bits per heavy atom. The van der Waals surface area contributed by atoms with Crippen LogP contribution < -0.4 is 11.5 Å². The minimum Gasteiger partial charge on any atom is -0.479 e. The Kier molecular flexibility index (Phi) is 6.39. The van der Waals surface area contributed by atoms with Gasteiger partial charge in [0.25, 0.3) is 0 Å². The van der Waals surface area contributed by atoms with Gasteiger partial charge in [-0.3, -0.25) is 4.79 Å². The van der Waals surface area contributed by atoms with E-state index in [1.165, 1.54) is 0 Å². The summed E-state index contributed by atoms with van der Waals surface area (Å²) in [7, 11) is 0. The fourth-order valence-electron chi connectivity index (χ4n) is 3.84. The Bertz CT molecular complexity index is 999. The molecule has 8 nitrogen and oxygen atoms in total. The average molecular weight is 440 g/mol. The number of carboxylic acids is 1. The molecule has 0 radical (unpaired) electrons. The third kappa shape index (κ3) is 4.51. The highest BCUT2D eigenvalue weighted by molar-refractivity contribution is 6.05. The van der Waals surface area contributed by atoms with Crippen LogP contribution in [-0.2, 0) is 23.9 Å². The second-order valence-electron chi connectivity index (χ2n) is 8.90. The molecule has 5 N–H and O–H groups in total. The van der Waals surface area contributed by atoms with E-state index in [9.17, 15) is 19.5 Å². The van der Waals surface area contributed by atoms with Crippen LogP contribution in [0, 0.1) is 0 Å². The highest BCUT2D eigenvalue weighted by Crippen LogP contribution is 2.44. The largest absolute Gasteiger partial charge is 0.479 e. The van der Waals surface area contributed by atoms with Crippen LogP contribution in [0.25, 0.3) is 11.1 Å². The van der Waals surface area contributed by atoms with Gasteiger partial charge in [-0.05, 0) is 43.0 Å². The van der Waals surface area contributed by atoms with Crippen molar-refractivity contribution in [3.63, 3.8) is 0 Å². The van der Waals surface area contributed by atoms with E-state index in [2.05, 4.69) is 0 Å². The zero-order valence-electron chi connectivity index (χ0n) is 18.3. The van der Waals surface area contributed by atoms with Crippen molar-refractivity contribution in [2.75, 3.05) is 6.61 Å². The van der Waals surface area contributed by atoms with E-state index in [1.807, 2.05) is 48.5 Å². The molecular weight excluding hydrogens is 412 g/mol. The van der Waals surface area contributed by atoms with Crippen LogP contribution in [0.1, 0.15) is 44.2 Å². The Balaban J connectivity index is 1.77. The summed E-state index contributed by atoms with van der Waals surface area (Å²) in [6.45, 7) is 4.87. The van der Waals surface area contributed by atoms with Crippen molar-refractivity contribution in [3.05, 3.63) is 59.7 Å². The van der Waals surface area contributed by atoms with E-state index in [0.29, 0.717) is 0 Å². The van der Waals surface area contributed by atoms with Crippen molar-refractivity contribution < 1.29 is 29.0 Å². The van der Waals surface area contributed by atoms with E-state index in [1.54, 1.807) is 20.8 Å². The molecule has 2 aromatic carbocycles. The zero-order valence-corrected chi connectivity index (χ0v) is 18.3. The number of aliphatic carboxylic acids is 1. The predicted molar refractivity (Wildman–Crippen MR) is 118 cm³/mol. The molecule has 2 aromatic rings. The minimum absolute atomic E-state index is 0.113. The van der Waals surface area contributed by atoms with Crippen LogP contribution in [0.15, 0.2) is 48.5 Å². The van der Waals surface area contributed by atoms with Crippen LogP contribution in [0.2, 0.25) is 0 Å². The number of esters is 2. The van der Waals surface area contributed by atoms with E-state index < -0.39 is 41.5 Å². The number of carboxylic acid groups (broad SMARTS) is 1. The molecule has 3 rings (SSSR count). The van der Waals surface area contributed by atoms with E-state index in [-0.39, 0.29) is 12.5 Å². The van der Waals surface area contributed by atoms with Gasteiger partial charge in [0.1, 0.15) is 12.2 Å². The van der Waals surface area contributed by atoms with Gasteiger partial charge in [0.15, 0.2) is 0 Å². The quantitative estimate of drug-likeness (QED) is 0.439. The number of ether oxygens (including phenoxy) is 2. The first-order valence-corrected chi connectivity index (χ1v) is 10.3. The molecule has 0 saturated heterocycles. The second-order valence-corrected chi connectivity index (χ2v) is 8.90. The lowest BCUT2D eigenvalue weighted by Gasteiger charge is -2.29. The molecule has 0 aromatic heterocycles. The van der Waals surface area contributed by atoms with Crippen LogP contribution >= 0.6 is 0 Å². The summed E-state index contributed by atoms with van der Waals surface area (Å²) in [5, 5.41) is 9.67. The molecule has 8 heteroatoms. The van der Waals surface area contributed by atoms with Crippen molar-refractivity contribution in [1.29, 1.82) is 0 Å². The molecule has 0 fully saturated rings. The van der Waals surface area contributed by atoms with Gasteiger partial charge in [0, 0.05) is 5.92 Å². The Labute approximate surface area is 186 Å². The van der Waals surface area contributed by atoms with Gasteiger partial charge < -0.3 is 26.0 Å². The number of benzene rings is 2. The van der Waals surface area contributed by atoms with Crippen LogP contribution in [0.5, 0.6) is 0 Å². The molecule has 0 spiro atoms. The number of carbonyl (C=O) groups excluding carboxylic acids is 2. The number of carbonyl (C=O) groups is 3. The Morgan fingerprint density at radius 3 is 1.97 bits per heavy atom. The molecular formula is C24H28N2O6. The fourth-order valence-corrected chi connectivity index (χ4v) is 3.84. The number of nitrogens with two attached hydrogens (primary N) is 2. The second kappa shape index (κ2) is 8.72. The molecule has 1 aliphatic carbocycles. The van der Waals surface area contributed by atoms with Gasteiger partial charge in [0.2, 0.25) is 5.54 Å². The Hall–Kier alpha value is -3.23. The maximum absolute atomic E-state index is 12.8. The van der Waals surface area contributed by atoms with Crippen molar-refractivity contribution in [3.8, 4) is 11.1 Å². The fraction of sp³-hybridized carbons (Fsp3) is 0.375. The smallest absolute Gasteiger partial charge is 0.339 e. The highest BCUT2D eigenvalue weighted by Gasteiger charge is 2.51. The first-order chi connectivity index (χ1) is 14.9. The zero-order chi connectivity index (χ0) is 23.7. The molecule has 0 saturated carbocycles. The van der Waals surface area contributed by atoms with Gasteiger partial charge in [-0.2, -0.15) is 0 Å². The van der Waals surface area contributed by atoms with Crippen LogP contribution in [0.4, 0.5) is 0 Å². The lowest BCUT2D eigenvalue weighted by molar-refractivity contribution is -0.164. The van der Waals surface area contributed by atoms with Crippen molar-refractivity contribution in [2.45, 2.75) is 50.3 Å². The van der Waals surface area contributed by atoms with Gasteiger partial charge in [-0.25, -0.2) is 9.59 Å². The number of hydrogen-bond acceptors (Lipinski definition) is 7. The molecule has 0 aliphatic heterocycles. The van der Waals surface area contributed by atoms with Gasteiger partial charge in [0.05, 0.1) is 12.5 Å². The lowest BCUT2D eigenvalue weighted by Crippen LogP contribution is -2.67. The highest BCUT2D eigenvalue weighted by atomic mass is 16.6. The third-order valence-electron chi connectivity index (χ3n) is 5.43. The number of rotatable bonds is 7. The van der Waals surface area contributed by atoms with Gasteiger partial charge in [-0.1, -0.05) is 48.5 Å². The third-order valence-corrected chi connectivity index (χ3v) is 5.43. The molecule has 170 valence electrons. The number of hydrogen-bond donors (Lipinski definition) is 3. The van der Waals surface area contributed by atoms with E-state index >= 15 is 0 Å². The molecule has 2 atom stereocenters. The van der Waals surface area contributed by atoms with Crippen LogP contribution in [0.3, 0.4) is 0 Å². The lowest BCUT2D eigenvalue weighted by atomic mass is 9.89. The monoisotopic (exact) mass is 440 g/mol. The van der Waals surface area contributed by atoms with Crippen LogP contribution in [-0.4, -0.2) is 46.8 Å². The van der Waals surface area contributed by atoms with Crippen molar-refractivity contribution >= 4 is 17.9 Å². The van der Waals surface area contributed by atoms with E-state index in [0.717, 1.165) is 22.3 Å². The van der Waals surface area contributed by atoms with Crippen molar-refractivity contribution in [2.24, 2.45) is 11.5 Å². The predicted octanol–water partition coefficient (Wildman–Crippen LogP) is 2.18. The maximum atomic E-state index is 12.8. The summed E-state index contributed by atoms with van der Waals surface area (Å²) in [4.78, 5) is 36.8. The Morgan fingerprint density at radius 2 is 1.50 bits per heavy atom. The van der Waals surface area contributed by atoms with Gasteiger partial charge in [-0.15, -0.1) is 0 Å². The minimum atomic E-state index is -2.60. The summed E-state index contributed by atoms with van der Waals surface area (Å²) in [5.74, 6) is -3.91. The summed E-state index contributed by atoms with van der Waals surface area (Å²) in [6, 6.07) is 13.9. The molecule has 0 heterocycles. The summed E-state index contributed by atoms with van der Waals surface area (Å²) >= 11 is 0. The molecule has 1 aliphatic rings. The molecule has 0 amide bonds. The molecule has 32 heavy (non-hydrogen) atoms. The maximum Gasteiger partial charge on any atom is 0.339 e. The molecule has 0 bridgehead atoms.